The molecule has 6 nitrogen and oxygen atoms in total. The summed E-state index contributed by atoms with van der Waals surface area (Å²) in [4.78, 5) is 12.4. The molecule has 2 aliphatic rings. The minimum Gasteiger partial charge on any atom is -0.496 e. The number of nitrogens with zero attached hydrogens (tertiary/aromatic N) is 3. The van der Waals surface area contributed by atoms with Crippen LogP contribution in [0.25, 0.3) is 0 Å². The van der Waals surface area contributed by atoms with E-state index >= 15 is 0 Å². The van der Waals surface area contributed by atoms with Crippen molar-refractivity contribution in [3.63, 3.8) is 0 Å². The molecule has 2 atom stereocenters. The summed E-state index contributed by atoms with van der Waals surface area (Å²) in [5.74, 6) is 2.98. The minimum atomic E-state index is 0.124. The zero-order valence-corrected chi connectivity index (χ0v) is 18.1. The number of piperazine rings is 1. The molecule has 0 radical (unpaired) electrons. The minimum absolute atomic E-state index is 0.124. The normalized spacial score (nSPS) is 22.0. The van der Waals surface area contributed by atoms with Gasteiger partial charge in [0.1, 0.15) is 11.6 Å². The lowest BCUT2D eigenvalue weighted by atomic mass is 9.89. The molecule has 0 aliphatic carbocycles. The first-order chi connectivity index (χ1) is 14.6. The Morgan fingerprint density at radius 2 is 1.87 bits per heavy atom. The zero-order valence-electron chi connectivity index (χ0n) is 18.1. The van der Waals surface area contributed by atoms with Crippen LogP contribution in [0.1, 0.15) is 30.4 Å². The van der Waals surface area contributed by atoms with E-state index in [0.717, 1.165) is 55.4 Å². The predicted octanol–water partition coefficient (Wildman–Crippen LogP) is 3.65. The third-order valence-corrected chi connectivity index (χ3v) is 5.91. The summed E-state index contributed by atoms with van der Waals surface area (Å²) in [7, 11) is 1.69. The number of aryl methyl sites for hydroxylation is 1. The monoisotopic (exact) mass is 405 g/mol. The Morgan fingerprint density at radius 1 is 1.10 bits per heavy atom. The van der Waals surface area contributed by atoms with Crippen molar-refractivity contribution in [3.05, 3.63) is 59.7 Å². The molecule has 2 aromatic carbocycles. The average Bonchev–Trinajstić information content (AvgIpc) is 2.93. The standard InChI is InChI=1S/C24H31N5O/c1-17-15-20(9-10-22(17)30-3)27-24-26-18(2)21(19-7-5-4-6-8-19)16-23(28-24)29-13-11-25-12-14-29/h4-10,15,18,21,25H,11-14,16H2,1-3H3,(H,26,27). The first-order valence-electron chi connectivity index (χ1n) is 10.7. The van der Waals surface area contributed by atoms with Gasteiger partial charge in [-0.05, 0) is 43.2 Å². The zero-order chi connectivity index (χ0) is 20.9. The van der Waals surface area contributed by atoms with Crippen molar-refractivity contribution in [3.8, 4) is 5.75 Å². The van der Waals surface area contributed by atoms with E-state index in [1.165, 1.54) is 5.56 Å². The molecule has 0 amide bonds. The van der Waals surface area contributed by atoms with Crippen molar-refractivity contribution in [1.29, 1.82) is 0 Å². The summed E-state index contributed by atoms with van der Waals surface area (Å²) >= 11 is 0. The highest BCUT2D eigenvalue weighted by Crippen LogP contribution is 2.30. The van der Waals surface area contributed by atoms with Crippen molar-refractivity contribution in [2.24, 2.45) is 9.98 Å². The second-order valence-corrected chi connectivity index (χ2v) is 7.99. The number of methoxy groups -OCH3 is 1. The van der Waals surface area contributed by atoms with Crippen molar-refractivity contribution < 1.29 is 4.74 Å². The fourth-order valence-corrected chi connectivity index (χ4v) is 4.21. The number of anilines is 1. The molecule has 2 aromatic rings. The van der Waals surface area contributed by atoms with Gasteiger partial charge in [0.25, 0.3) is 0 Å². The number of ether oxygens (including phenoxy) is 1. The number of nitrogens with one attached hydrogen (secondary N) is 2. The Hall–Kier alpha value is -2.86. The number of aliphatic imine (C=N–C) groups is 2. The lowest BCUT2D eigenvalue weighted by Gasteiger charge is -2.32. The number of rotatable bonds is 3. The summed E-state index contributed by atoms with van der Waals surface area (Å²) in [6, 6.07) is 16.9. The molecule has 2 unspecified atom stereocenters. The van der Waals surface area contributed by atoms with E-state index < -0.39 is 0 Å². The van der Waals surface area contributed by atoms with Crippen LogP contribution in [0, 0.1) is 6.92 Å². The summed E-state index contributed by atoms with van der Waals surface area (Å²) in [6.07, 6.45) is 0.890. The lowest BCUT2D eigenvalue weighted by Crippen LogP contribution is -2.47. The number of amidine groups is 1. The highest BCUT2D eigenvalue weighted by molar-refractivity contribution is 6.03. The quantitative estimate of drug-likeness (QED) is 0.818. The van der Waals surface area contributed by atoms with Gasteiger partial charge in [-0.15, -0.1) is 0 Å². The van der Waals surface area contributed by atoms with Gasteiger partial charge in [0, 0.05) is 44.2 Å². The Bertz CT molecular complexity index is 918. The van der Waals surface area contributed by atoms with Gasteiger partial charge in [0.15, 0.2) is 0 Å². The summed E-state index contributed by atoms with van der Waals surface area (Å²) in [5, 5.41) is 6.88. The molecule has 30 heavy (non-hydrogen) atoms. The molecular weight excluding hydrogens is 374 g/mol. The van der Waals surface area contributed by atoms with Crippen LogP contribution in [0.4, 0.5) is 5.69 Å². The number of guanidine groups is 1. The van der Waals surface area contributed by atoms with E-state index in [2.05, 4.69) is 58.9 Å². The van der Waals surface area contributed by atoms with Gasteiger partial charge in [-0.25, -0.2) is 9.98 Å². The van der Waals surface area contributed by atoms with Crippen LogP contribution in [0.5, 0.6) is 5.75 Å². The van der Waals surface area contributed by atoms with Crippen LogP contribution in [0.2, 0.25) is 0 Å². The highest BCUT2D eigenvalue weighted by Gasteiger charge is 2.28. The van der Waals surface area contributed by atoms with E-state index in [1.807, 2.05) is 19.1 Å². The van der Waals surface area contributed by atoms with Crippen molar-refractivity contribution >= 4 is 17.5 Å². The number of hydrogen-bond acceptors (Lipinski definition) is 6. The van der Waals surface area contributed by atoms with Gasteiger partial charge < -0.3 is 20.3 Å². The summed E-state index contributed by atoms with van der Waals surface area (Å²) in [5.41, 5.74) is 3.37. The molecule has 2 N–H and O–H groups in total. The maximum absolute atomic E-state index is 5.39. The SMILES string of the molecule is COc1ccc(NC2=NC(C)C(c3ccccc3)CC(N3CCNCC3)=N2)cc1C. The molecule has 158 valence electrons. The van der Waals surface area contributed by atoms with E-state index in [-0.39, 0.29) is 6.04 Å². The lowest BCUT2D eigenvalue weighted by molar-refractivity contribution is 0.348. The third kappa shape index (κ3) is 4.65. The second-order valence-electron chi connectivity index (χ2n) is 7.99. The van der Waals surface area contributed by atoms with Gasteiger partial charge in [0.05, 0.1) is 13.2 Å². The molecular formula is C24H31N5O. The van der Waals surface area contributed by atoms with Crippen LogP contribution in [0.3, 0.4) is 0 Å². The van der Waals surface area contributed by atoms with E-state index in [1.54, 1.807) is 7.11 Å². The van der Waals surface area contributed by atoms with E-state index in [4.69, 9.17) is 14.7 Å². The molecule has 2 heterocycles. The molecule has 0 bridgehead atoms. The van der Waals surface area contributed by atoms with Crippen LogP contribution in [-0.4, -0.2) is 56.0 Å². The Labute approximate surface area is 179 Å². The maximum Gasteiger partial charge on any atom is 0.224 e. The van der Waals surface area contributed by atoms with Gasteiger partial charge in [-0.1, -0.05) is 30.3 Å². The third-order valence-electron chi connectivity index (χ3n) is 5.91. The van der Waals surface area contributed by atoms with Gasteiger partial charge >= 0.3 is 0 Å². The Kier molecular flexibility index (Phi) is 6.33. The van der Waals surface area contributed by atoms with Crippen LogP contribution >= 0.6 is 0 Å². The van der Waals surface area contributed by atoms with Crippen LogP contribution < -0.4 is 15.4 Å². The largest absolute Gasteiger partial charge is 0.496 e. The fraction of sp³-hybridized carbons (Fsp3) is 0.417. The van der Waals surface area contributed by atoms with E-state index in [0.29, 0.717) is 11.9 Å². The predicted molar refractivity (Wildman–Crippen MR) is 124 cm³/mol. The molecule has 4 rings (SSSR count). The van der Waals surface area contributed by atoms with Gasteiger partial charge in [-0.2, -0.15) is 0 Å². The highest BCUT2D eigenvalue weighted by atomic mass is 16.5. The van der Waals surface area contributed by atoms with Crippen LogP contribution in [-0.2, 0) is 0 Å². The molecule has 0 aromatic heterocycles. The Morgan fingerprint density at radius 3 is 2.57 bits per heavy atom. The average molecular weight is 406 g/mol. The molecule has 0 spiro atoms. The van der Waals surface area contributed by atoms with Crippen molar-refractivity contribution in [2.75, 3.05) is 38.6 Å². The second kappa shape index (κ2) is 9.30. The summed E-state index contributed by atoms with van der Waals surface area (Å²) < 4.78 is 5.39. The van der Waals surface area contributed by atoms with Crippen molar-refractivity contribution in [1.82, 2.24) is 10.2 Å². The molecule has 1 fully saturated rings. The maximum atomic E-state index is 5.39. The van der Waals surface area contributed by atoms with Crippen molar-refractivity contribution in [2.45, 2.75) is 32.2 Å². The first-order valence-corrected chi connectivity index (χ1v) is 10.7. The van der Waals surface area contributed by atoms with Gasteiger partial charge in [-0.3, -0.25) is 0 Å². The molecule has 6 heteroatoms. The topological polar surface area (TPSA) is 61.2 Å². The van der Waals surface area contributed by atoms with E-state index in [9.17, 15) is 0 Å². The van der Waals surface area contributed by atoms with Gasteiger partial charge in [0.2, 0.25) is 5.96 Å². The number of hydrogen-bond donors (Lipinski definition) is 2. The van der Waals surface area contributed by atoms with Crippen LogP contribution in [0.15, 0.2) is 58.5 Å². The molecule has 2 aliphatic heterocycles. The number of benzene rings is 2. The first kappa shape index (κ1) is 20.4. The smallest absolute Gasteiger partial charge is 0.224 e. The Balaban J connectivity index is 1.65. The summed E-state index contributed by atoms with van der Waals surface area (Å²) in [6.45, 7) is 8.16. The molecule has 1 saturated heterocycles. The fourth-order valence-electron chi connectivity index (χ4n) is 4.21. The molecule has 0 saturated carbocycles.